The van der Waals surface area contributed by atoms with Gasteiger partial charge in [-0.1, -0.05) is 0 Å². The number of unbranched alkanes of at least 4 members (excludes halogenated alkanes) is 1. The van der Waals surface area contributed by atoms with Crippen molar-refractivity contribution in [3.8, 4) is 0 Å². The van der Waals surface area contributed by atoms with Crippen LogP contribution in [0, 0.1) is 20.2 Å². The molecule has 0 aliphatic carbocycles. The van der Waals surface area contributed by atoms with Crippen molar-refractivity contribution in [1.82, 2.24) is 0 Å². The van der Waals surface area contributed by atoms with Crippen LogP contribution >= 0.6 is 0 Å². The summed E-state index contributed by atoms with van der Waals surface area (Å²) in [6, 6.07) is 0. The Morgan fingerprint density at radius 1 is 1.15 bits per heavy atom. The summed E-state index contributed by atoms with van der Waals surface area (Å²) < 4.78 is 20.6. The van der Waals surface area contributed by atoms with Crippen LogP contribution in [-0.4, -0.2) is 78.4 Å². The summed E-state index contributed by atoms with van der Waals surface area (Å²) in [7, 11) is 0. The maximum Gasteiger partial charge on any atom is 0.508 e. The highest BCUT2D eigenvalue weighted by Crippen LogP contribution is 2.28. The van der Waals surface area contributed by atoms with Crippen LogP contribution in [0.2, 0.25) is 0 Å². The van der Waals surface area contributed by atoms with E-state index in [1.165, 1.54) is 0 Å². The lowest BCUT2D eigenvalue weighted by Crippen LogP contribution is -2.34. The third-order valence-electron chi connectivity index (χ3n) is 3.97. The number of hydrogen-bond donors (Lipinski definition) is 1. The number of aliphatic hydroxyl groups is 1. The van der Waals surface area contributed by atoms with Crippen LogP contribution < -0.4 is 0 Å². The van der Waals surface area contributed by atoms with E-state index in [-0.39, 0.29) is 26.2 Å². The lowest BCUT2D eigenvalue weighted by Gasteiger charge is -2.16. The van der Waals surface area contributed by atoms with Gasteiger partial charge in [0.15, 0.2) is 6.10 Å². The fourth-order valence-corrected chi connectivity index (χ4v) is 2.76. The minimum atomic E-state index is -1.10. The topological polar surface area (TPSA) is 179 Å². The lowest BCUT2D eigenvalue weighted by molar-refractivity contribution is -0.790. The van der Waals surface area contributed by atoms with E-state index in [0.29, 0.717) is 12.8 Å². The van der Waals surface area contributed by atoms with Gasteiger partial charge in [-0.15, -0.1) is 20.2 Å². The van der Waals surface area contributed by atoms with E-state index in [0.717, 1.165) is 0 Å². The summed E-state index contributed by atoms with van der Waals surface area (Å²) in [5.41, 5.74) is 0. The third kappa shape index (κ3) is 6.65. The van der Waals surface area contributed by atoms with Gasteiger partial charge in [-0.2, -0.15) is 0 Å². The number of aliphatic hydroxyl groups excluding tert-OH is 1. The first-order chi connectivity index (χ1) is 12.9. The van der Waals surface area contributed by atoms with Crippen molar-refractivity contribution < 1.29 is 48.7 Å². The van der Waals surface area contributed by atoms with E-state index in [2.05, 4.69) is 9.68 Å². The zero-order chi connectivity index (χ0) is 19.8. The van der Waals surface area contributed by atoms with E-state index < -0.39 is 53.5 Å². The Hall–Kier alpha value is -2.45. The van der Waals surface area contributed by atoms with Gasteiger partial charge in [-0.25, -0.2) is 4.79 Å². The quantitative estimate of drug-likeness (QED) is 0.207. The third-order valence-corrected chi connectivity index (χ3v) is 3.97. The van der Waals surface area contributed by atoms with Gasteiger partial charge in [0.1, 0.15) is 31.0 Å². The molecule has 0 spiro atoms. The maximum atomic E-state index is 11.7. The van der Waals surface area contributed by atoms with Gasteiger partial charge in [0.25, 0.3) is 10.2 Å². The van der Waals surface area contributed by atoms with Crippen molar-refractivity contribution in [2.24, 2.45) is 0 Å². The number of carbonyl (C=O) groups is 1. The molecule has 1 N–H and O–H groups in total. The number of hydrogen-bond acceptors (Lipinski definition) is 12. The van der Waals surface area contributed by atoms with Crippen molar-refractivity contribution in [2.75, 3.05) is 26.4 Å². The van der Waals surface area contributed by atoms with Crippen molar-refractivity contribution in [3.05, 3.63) is 20.2 Å². The molecule has 0 saturated carbocycles. The molecule has 2 aliphatic heterocycles. The van der Waals surface area contributed by atoms with Crippen molar-refractivity contribution in [3.63, 3.8) is 0 Å². The van der Waals surface area contributed by atoms with Crippen molar-refractivity contribution in [1.29, 1.82) is 0 Å². The van der Waals surface area contributed by atoms with Crippen LogP contribution in [0.3, 0.4) is 0 Å². The lowest BCUT2D eigenvalue weighted by atomic mass is 10.1. The molecule has 0 aromatic heterocycles. The van der Waals surface area contributed by atoms with Crippen LogP contribution in [0.4, 0.5) is 4.79 Å². The average molecular weight is 396 g/mol. The fourth-order valence-electron chi connectivity index (χ4n) is 2.76. The molecule has 14 nitrogen and oxygen atoms in total. The number of carbonyl (C=O) groups excluding carboxylic acids is 1. The molecule has 0 bridgehead atoms. The van der Waals surface area contributed by atoms with Gasteiger partial charge in [0, 0.05) is 0 Å². The van der Waals surface area contributed by atoms with E-state index in [4.69, 9.17) is 18.9 Å². The molecule has 2 fully saturated rings. The Labute approximate surface area is 152 Å². The van der Waals surface area contributed by atoms with Gasteiger partial charge >= 0.3 is 6.16 Å². The smallest absolute Gasteiger partial charge is 0.434 e. The van der Waals surface area contributed by atoms with Crippen LogP contribution in [0.1, 0.15) is 19.3 Å². The van der Waals surface area contributed by atoms with Crippen LogP contribution in [0.5, 0.6) is 0 Å². The summed E-state index contributed by atoms with van der Waals surface area (Å²) in [6.07, 6.45) is -3.76. The second kappa shape index (κ2) is 10.0. The first kappa shape index (κ1) is 20.9. The number of fused-ring (bicyclic) bond motifs is 1. The Morgan fingerprint density at radius 2 is 1.89 bits per heavy atom. The molecule has 1 unspecified atom stereocenters. The molecule has 2 aliphatic rings. The Bertz CT molecular complexity index is 531. The minimum absolute atomic E-state index is 0.0226. The second-order valence-electron chi connectivity index (χ2n) is 5.88. The summed E-state index contributed by atoms with van der Waals surface area (Å²) in [6.45, 7) is -0.395. The highest BCUT2D eigenvalue weighted by atomic mass is 17.0. The monoisotopic (exact) mass is 396 g/mol. The normalized spacial score (nSPS) is 27.4. The Morgan fingerprint density at radius 3 is 2.59 bits per heavy atom. The summed E-state index contributed by atoms with van der Waals surface area (Å²) in [5, 5.41) is 27.9. The highest BCUT2D eigenvalue weighted by Gasteiger charge is 2.49. The summed E-state index contributed by atoms with van der Waals surface area (Å²) in [5.74, 6) is 0. The molecule has 2 saturated heterocycles. The number of rotatable bonds is 11. The van der Waals surface area contributed by atoms with E-state index in [1.54, 1.807) is 0 Å². The molecule has 0 aromatic rings. The van der Waals surface area contributed by atoms with E-state index in [9.17, 15) is 30.1 Å². The average Bonchev–Trinajstić information content (AvgIpc) is 3.15. The van der Waals surface area contributed by atoms with Crippen LogP contribution in [-0.2, 0) is 28.6 Å². The van der Waals surface area contributed by atoms with Gasteiger partial charge < -0.3 is 33.7 Å². The second-order valence-corrected chi connectivity index (χ2v) is 5.88. The van der Waals surface area contributed by atoms with Crippen LogP contribution in [0.25, 0.3) is 0 Å². The highest BCUT2D eigenvalue weighted by molar-refractivity contribution is 5.60. The molecule has 0 aromatic carbocycles. The Balaban J connectivity index is 1.59. The standard InChI is InChI=1S/C13H20N2O12/c16-9-6-23-12-10(7-24-11(9)12)26-13(17)22-4-2-1-3-8(27-15(20)21)5-25-14(18)19/h8-12,16H,1-7H2/t8?,9-,10-,11-,12-/m1/s1. The first-order valence-corrected chi connectivity index (χ1v) is 8.20. The SMILES string of the molecule is O=C(OCCCCC(CO[N+](=O)[O-])O[N+](=O)[O-])O[C@@H]1CO[C@H]2[C@@H]1OC[C@H]2O. The molecular weight excluding hydrogens is 376 g/mol. The Kier molecular flexibility index (Phi) is 7.75. The molecule has 2 rings (SSSR count). The van der Waals surface area contributed by atoms with Crippen LogP contribution in [0.15, 0.2) is 0 Å². The molecule has 0 amide bonds. The molecule has 14 heteroatoms. The molecule has 2 heterocycles. The van der Waals surface area contributed by atoms with Crippen molar-refractivity contribution >= 4 is 6.16 Å². The molecule has 27 heavy (non-hydrogen) atoms. The van der Waals surface area contributed by atoms with E-state index in [1.807, 2.05) is 0 Å². The van der Waals surface area contributed by atoms with Crippen molar-refractivity contribution in [2.45, 2.75) is 49.8 Å². The number of ether oxygens (including phenoxy) is 4. The maximum absolute atomic E-state index is 11.7. The van der Waals surface area contributed by atoms with Gasteiger partial charge in [0.2, 0.25) is 0 Å². The largest absolute Gasteiger partial charge is 0.508 e. The molecule has 0 radical (unpaired) electrons. The predicted octanol–water partition coefficient (Wildman–Crippen LogP) is -0.378. The van der Waals surface area contributed by atoms with Gasteiger partial charge in [-0.05, 0) is 19.3 Å². The summed E-state index contributed by atoms with van der Waals surface area (Å²) >= 11 is 0. The number of nitrogens with zero attached hydrogens (tertiary/aromatic N) is 2. The summed E-state index contributed by atoms with van der Waals surface area (Å²) in [4.78, 5) is 40.5. The minimum Gasteiger partial charge on any atom is -0.434 e. The predicted molar refractivity (Wildman–Crippen MR) is 80.4 cm³/mol. The molecule has 154 valence electrons. The zero-order valence-corrected chi connectivity index (χ0v) is 14.2. The first-order valence-electron chi connectivity index (χ1n) is 8.20. The molecule has 5 atom stereocenters. The van der Waals surface area contributed by atoms with E-state index >= 15 is 0 Å². The van der Waals surface area contributed by atoms with Gasteiger partial charge in [-0.3, -0.25) is 0 Å². The fraction of sp³-hybridized carbons (Fsp3) is 0.923. The van der Waals surface area contributed by atoms with Gasteiger partial charge in [0.05, 0.1) is 19.8 Å². The molecular formula is C13H20N2O12. The zero-order valence-electron chi connectivity index (χ0n) is 14.2.